The first-order valence-electron chi connectivity index (χ1n) is 8.50. The van der Waals surface area contributed by atoms with E-state index in [-0.39, 0.29) is 0 Å². The minimum absolute atomic E-state index is 0.432. The second-order valence-electron chi connectivity index (χ2n) is 6.16. The minimum atomic E-state index is -0.493. The van der Waals surface area contributed by atoms with Crippen LogP contribution in [0.5, 0.6) is 0 Å². The van der Waals surface area contributed by atoms with Crippen molar-refractivity contribution in [2.24, 2.45) is 0 Å². The minimum Gasteiger partial charge on any atom is -0.294 e. The highest BCUT2D eigenvalue weighted by atomic mass is 16.2. The third-order valence-corrected chi connectivity index (χ3v) is 4.50. The van der Waals surface area contributed by atoms with Crippen molar-refractivity contribution >= 4 is 23.5 Å². The molecule has 1 aliphatic rings. The second-order valence-corrected chi connectivity index (χ2v) is 6.16. The van der Waals surface area contributed by atoms with E-state index in [2.05, 4.69) is 0 Å². The van der Waals surface area contributed by atoms with Crippen molar-refractivity contribution in [2.45, 2.75) is 6.04 Å². The second kappa shape index (κ2) is 6.81. The van der Waals surface area contributed by atoms with Crippen LogP contribution in [0.3, 0.4) is 0 Å². The van der Waals surface area contributed by atoms with Crippen LogP contribution in [0.1, 0.15) is 17.2 Å². The lowest BCUT2D eigenvalue weighted by molar-refractivity contribution is -0.132. The van der Waals surface area contributed by atoms with Gasteiger partial charge in [0.05, 0.1) is 6.04 Å². The lowest BCUT2D eigenvalue weighted by Gasteiger charge is -2.25. The Bertz CT molecular complexity index is 963. The monoisotopic (exact) mass is 339 g/mol. The van der Waals surface area contributed by atoms with E-state index in [9.17, 15) is 9.59 Å². The number of nitrogens with zero attached hydrogens (tertiary/aromatic N) is 1. The molecule has 3 aromatic rings. The normalized spacial score (nSPS) is 18.5. The number of rotatable bonds is 3. The fourth-order valence-electron chi connectivity index (χ4n) is 3.31. The lowest BCUT2D eigenvalue weighted by Crippen LogP contribution is -2.29. The molecular formula is C23H17NO2. The highest BCUT2D eigenvalue weighted by molar-refractivity contribution is 6.51. The van der Waals surface area contributed by atoms with Gasteiger partial charge >= 0.3 is 0 Å². The molecule has 1 fully saturated rings. The van der Waals surface area contributed by atoms with Gasteiger partial charge in [0.2, 0.25) is 5.78 Å². The number of hydrogen-bond donors (Lipinski definition) is 0. The van der Waals surface area contributed by atoms with Gasteiger partial charge in [-0.2, -0.15) is 0 Å². The average molecular weight is 339 g/mol. The van der Waals surface area contributed by atoms with Gasteiger partial charge in [-0.15, -0.1) is 0 Å². The molecule has 0 spiro atoms. The van der Waals surface area contributed by atoms with E-state index in [1.807, 2.05) is 97.1 Å². The molecular weight excluding hydrogens is 322 g/mol. The molecule has 4 rings (SSSR count). The number of hydrogen-bond acceptors (Lipinski definition) is 2. The zero-order valence-corrected chi connectivity index (χ0v) is 14.1. The molecule has 0 aliphatic carbocycles. The summed E-state index contributed by atoms with van der Waals surface area (Å²) in [6, 6.07) is 28.2. The van der Waals surface area contributed by atoms with Crippen LogP contribution in [0, 0.1) is 0 Å². The molecule has 1 atom stereocenters. The van der Waals surface area contributed by atoms with Crippen LogP contribution < -0.4 is 4.90 Å². The van der Waals surface area contributed by atoms with Crippen LogP contribution in [0.25, 0.3) is 6.08 Å². The van der Waals surface area contributed by atoms with Gasteiger partial charge in [0, 0.05) is 11.3 Å². The zero-order valence-electron chi connectivity index (χ0n) is 14.1. The number of amides is 1. The molecule has 26 heavy (non-hydrogen) atoms. The SMILES string of the molecule is O=C1C(=O)N(c2ccccc2)C(c2ccccc2)/C1=C\c1ccccc1. The highest BCUT2D eigenvalue weighted by Gasteiger charge is 2.44. The highest BCUT2D eigenvalue weighted by Crippen LogP contribution is 2.39. The molecule has 1 saturated heterocycles. The molecule has 0 aromatic heterocycles. The Labute approximate surface area is 152 Å². The van der Waals surface area contributed by atoms with E-state index in [0.29, 0.717) is 5.57 Å². The van der Waals surface area contributed by atoms with Crippen molar-refractivity contribution in [2.75, 3.05) is 4.90 Å². The molecule has 0 bridgehead atoms. The molecule has 1 unspecified atom stereocenters. The number of carbonyl (C=O) groups is 2. The van der Waals surface area contributed by atoms with Crippen molar-refractivity contribution in [1.29, 1.82) is 0 Å². The van der Waals surface area contributed by atoms with Gasteiger partial charge in [-0.25, -0.2) is 0 Å². The fourth-order valence-corrected chi connectivity index (χ4v) is 3.31. The summed E-state index contributed by atoms with van der Waals surface area (Å²) in [5.41, 5.74) is 3.03. The summed E-state index contributed by atoms with van der Waals surface area (Å²) in [6.45, 7) is 0. The predicted molar refractivity (Wildman–Crippen MR) is 103 cm³/mol. The summed E-state index contributed by atoms with van der Waals surface area (Å²) in [5.74, 6) is -0.946. The first-order valence-corrected chi connectivity index (χ1v) is 8.50. The van der Waals surface area contributed by atoms with Crippen LogP contribution in [-0.4, -0.2) is 11.7 Å². The fraction of sp³-hybridized carbons (Fsp3) is 0.0435. The molecule has 3 nitrogen and oxygen atoms in total. The van der Waals surface area contributed by atoms with E-state index in [1.54, 1.807) is 4.90 Å². The summed E-state index contributed by atoms with van der Waals surface area (Å²) >= 11 is 0. The predicted octanol–water partition coefficient (Wildman–Crippen LogP) is 4.43. The molecule has 0 N–H and O–H groups in total. The molecule has 3 heteroatoms. The topological polar surface area (TPSA) is 37.4 Å². The Kier molecular flexibility index (Phi) is 4.20. The number of anilines is 1. The number of benzene rings is 3. The summed E-state index contributed by atoms with van der Waals surface area (Å²) in [7, 11) is 0. The maximum absolute atomic E-state index is 12.8. The number of carbonyl (C=O) groups excluding carboxylic acids is 2. The van der Waals surface area contributed by atoms with Gasteiger partial charge in [0.1, 0.15) is 0 Å². The zero-order chi connectivity index (χ0) is 17.9. The quantitative estimate of drug-likeness (QED) is 0.523. The van der Waals surface area contributed by atoms with Crippen molar-refractivity contribution in [3.63, 3.8) is 0 Å². The van der Waals surface area contributed by atoms with Gasteiger partial charge < -0.3 is 0 Å². The first-order chi connectivity index (χ1) is 12.8. The maximum atomic E-state index is 12.8. The van der Waals surface area contributed by atoms with Crippen LogP contribution >= 0.6 is 0 Å². The lowest BCUT2D eigenvalue weighted by atomic mass is 9.96. The van der Waals surface area contributed by atoms with Crippen molar-refractivity contribution in [1.82, 2.24) is 0 Å². The molecule has 126 valence electrons. The van der Waals surface area contributed by atoms with E-state index in [0.717, 1.165) is 16.8 Å². The molecule has 1 amide bonds. The van der Waals surface area contributed by atoms with Crippen LogP contribution in [-0.2, 0) is 9.59 Å². The molecule has 0 radical (unpaired) electrons. The first kappa shape index (κ1) is 16.0. The van der Waals surface area contributed by atoms with Gasteiger partial charge in [-0.05, 0) is 29.3 Å². The molecule has 1 aliphatic heterocycles. The van der Waals surface area contributed by atoms with Crippen LogP contribution in [0.4, 0.5) is 5.69 Å². The smallest absolute Gasteiger partial charge is 0.294 e. The summed E-state index contributed by atoms with van der Waals surface area (Å²) in [5, 5.41) is 0. The largest absolute Gasteiger partial charge is 0.299 e. The Hall–Kier alpha value is -3.46. The number of para-hydroxylation sites is 1. The Morgan fingerprint density at radius 1 is 0.692 bits per heavy atom. The Morgan fingerprint density at radius 3 is 1.85 bits per heavy atom. The summed E-state index contributed by atoms with van der Waals surface area (Å²) in [6.07, 6.45) is 1.82. The number of Topliss-reactive ketones (excluding diaryl/α,β-unsaturated/α-hetero) is 1. The number of ketones is 1. The molecule has 1 heterocycles. The van der Waals surface area contributed by atoms with Crippen LogP contribution in [0.2, 0.25) is 0 Å². The van der Waals surface area contributed by atoms with Gasteiger partial charge in [-0.1, -0.05) is 78.9 Å². The van der Waals surface area contributed by atoms with E-state index >= 15 is 0 Å². The van der Waals surface area contributed by atoms with Crippen molar-refractivity contribution < 1.29 is 9.59 Å². The summed E-state index contributed by atoms with van der Waals surface area (Å²) < 4.78 is 0. The molecule has 0 saturated carbocycles. The average Bonchev–Trinajstić information content (AvgIpc) is 2.95. The van der Waals surface area contributed by atoms with E-state index in [4.69, 9.17) is 0 Å². The van der Waals surface area contributed by atoms with Crippen molar-refractivity contribution in [3.8, 4) is 0 Å². The van der Waals surface area contributed by atoms with Gasteiger partial charge in [0.25, 0.3) is 5.91 Å². The standard InChI is InChI=1S/C23H17NO2/c25-22-20(16-17-10-4-1-5-11-17)21(18-12-6-2-7-13-18)24(23(22)26)19-14-8-3-9-15-19/h1-16,21H/b20-16+. The van der Waals surface area contributed by atoms with E-state index < -0.39 is 17.7 Å². The van der Waals surface area contributed by atoms with Crippen molar-refractivity contribution in [3.05, 3.63) is 108 Å². The maximum Gasteiger partial charge on any atom is 0.299 e. The summed E-state index contributed by atoms with van der Waals surface area (Å²) in [4.78, 5) is 27.2. The van der Waals surface area contributed by atoms with Gasteiger partial charge in [-0.3, -0.25) is 14.5 Å². The van der Waals surface area contributed by atoms with Gasteiger partial charge in [0.15, 0.2) is 0 Å². The van der Waals surface area contributed by atoms with E-state index in [1.165, 1.54) is 0 Å². The Balaban J connectivity index is 1.89. The third-order valence-electron chi connectivity index (χ3n) is 4.50. The third kappa shape index (κ3) is 2.84. The van der Waals surface area contributed by atoms with Crippen LogP contribution in [0.15, 0.2) is 96.6 Å². The Morgan fingerprint density at radius 2 is 1.23 bits per heavy atom. The molecule has 3 aromatic carbocycles.